The standard InChI is InChI=1S/C17H18N2O/c1-12-8-10-13(11-9-12)19-16(18(2)3)14-6-4-5-7-15(14)17(19)20/h4-11,16H,1-3H3. The molecule has 1 aliphatic heterocycles. The third-order valence-electron chi connectivity index (χ3n) is 3.73. The fraction of sp³-hybridized carbons (Fsp3) is 0.235. The summed E-state index contributed by atoms with van der Waals surface area (Å²) in [4.78, 5) is 16.6. The van der Waals surface area contributed by atoms with E-state index in [0.717, 1.165) is 16.8 Å². The number of aryl methyl sites for hydroxylation is 1. The quantitative estimate of drug-likeness (QED) is 0.833. The van der Waals surface area contributed by atoms with E-state index < -0.39 is 0 Å². The number of hydrogen-bond donors (Lipinski definition) is 0. The van der Waals surface area contributed by atoms with E-state index in [1.54, 1.807) is 0 Å². The van der Waals surface area contributed by atoms with Crippen LogP contribution < -0.4 is 4.90 Å². The minimum Gasteiger partial charge on any atom is -0.288 e. The van der Waals surface area contributed by atoms with E-state index in [2.05, 4.69) is 4.90 Å². The normalized spacial score (nSPS) is 17.7. The van der Waals surface area contributed by atoms with Crippen molar-refractivity contribution in [3.63, 3.8) is 0 Å². The summed E-state index contributed by atoms with van der Waals surface area (Å²) in [6.45, 7) is 2.05. The summed E-state index contributed by atoms with van der Waals surface area (Å²) >= 11 is 0. The van der Waals surface area contributed by atoms with Crippen LogP contribution in [0.15, 0.2) is 48.5 Å². The van der Waals surface area contributed by atoms with Crippen LogP contribution in [0.4, 0.5) is 5.69 Å². The molecule has 1 aliphatic rings. The van der Waals surface area contributed by atoms with E-state index in [9.17, 15) is 4.79 Å². The second-order valence-electron chi connectivity index (χ2n) is 5.44. The predicted octanol–water partition coefficient (Wildman–Crippen LogP) is 3.22. The van der Waals surface area contributed by atoms with Gasteiger partial charge in [-0.2, -0.15) is 0 Å². The number of fused-ring (bicyclic) bond motifs is 1. The summed E-state index contributed by atoms with van der Waals surface area (Å²) in [5.41, 5.74) is 4.00. The Labute approximate surface area is 119 Å². The van der Waals surface area contributed by atoms with Crippen molar-refractivity contribution in [1.82, 2.24) is 4.90 Å². The van der Waals surface area contributed by atoms with Gasteiger partial charge in [-0.1, -0.05) is 35.9 Å². The molecule has 0 N–H and O–H groups in total. The number of hydrogen-bond acceptors (Lipinski definition) is 2. The van der Waals surface area contributed by atoms with Gasteiger partial charge in [-0.25, -0.2) is 0 Å². The molecule has 102 valence electrons. The highest BCUT2D eigenvalue weighted by Gasteiger charge is 2.38. The van der Waals surface area contributed by atoms with Gasteiger partial charge in [-0.05, 0) is 39.2 Å². The van der Waals surface area contributed by atoms with Crippen molar-refractivity contribution >= 4 is 11.6 Å². The maximum atomic E-state index is 12.7. The van der Waals surface area contributed by atoms with Crippen LogP contribution in [0, 0.1) is 6.92 Å². The Hall–Kier alpha value is -2.13. The molecule has 0 saturated heterocycles. The zero-order chi connectivity index (χ0) is 14.3. The number of benzene rings is 2. The molecule has 0 spiro atoms. The van der Waals surface area contributed by atoms with E-state index in [-0.39, 0.29) is 12.1 Å². The average Bonchev–Trinajstić information content (AvgIpc) is 2.74. The Balaban J connectivity index is 2.11. The van der Waals surface area contributed by atoms with Gasteiger partial charge in [0.05, 0.1) is 0 Å². The maximum Gasteiger partial charge on any atom is 0.260 e. The largest absolute Gasteiger partial charge is 0.288 e. The van der Waals surface area contributed by atoms with Crippen LogP contribution in [0.25, 0.3) is 0 Å². The molecule has 3 nitrogen and oxygen atoms in total. The molecule has 3 rings (SSSR count). The molecule has 0 bridgehead atoms. The lowest BCUT2D eigenvalue weighted by atomic mass is 10.1. The first-order valence-electron chi connectivity index (χ1n) is 6.75. The summed E-state index contributed by atoms with van der Waals surface area (Å²) in [5.74, 6) is 0.0724. The molecule has 20 heavy (non-hydrogen) atoms. The number of amides is 1. The van der Waals surface area contributed by atoms with Gasteiger partial charge in [-0.15, -0.1) is 0 Å². The molecule has 0 aromatic heterocycles. The summed E-state index contributed by atoms with van der Waals surface area (Å²) in [6, 6.07) is 15.9. The first kappa shape index (κ1) is 12.9. The number of carbonyl (C=O) groups is 1. The summed E-state index contributed by atoms with van der Waals surface area (Å²) in [5, 5.41) is 0. The Morgan fingerprint density at radius 3 is 2.30 bits per heavy atom. The molecule has 1 amide bonds. The number of anilines is 1. The SMILES string of the molecule is Cc1ccc(N2C(=O)c3ccccc3C2N(C)C)cc1. The Bertz CT molecular complexity index is 646. The lowest BCUT2D eigenvalue weighted by Gasteiger charge is -2.30. The molecule has 0 saturated carbocycles. The molecule has 2 aromatic rings. The van der Waals surface area contributed by atoms with E-state index >= 15 is 0 Å². The maximum absolute atomic E-state index is 12.7. The predicted molar refractivity (Wildman–Crippen MR) is 80.9 cm³/mol. The average molecular weight is 266 g/mol. The van der Waals surface area contributed by atoms with Gasteiger partial charge >= 0.3 is 0 Å². The monoisotopic (exact) mass is 266 g/mol. The zero-order valence-electron chi connectivity index (χ0n) is 12.0. The Kier molecular flexibility index (Phi) is 3.07. The fourth-order valence-electron chi connectivity index (χ4n) is 2.77. The van der Waals surface area contributed by atoms with Gasteiger partial charge in [0, 0.05) is 16.8 Å². The van der Waals surface area contributed by atoms with E-state index in [1.807, 2.05) is 74.4 Å². The van der Waals surface area contributed by atoms with Gasteiger partial charge in [-0.3, -0.25) is 14.6 Å². The number of rotatable bonds is 2. The fourth-order valence-corrected chi connectivity index (χ4v) is 2.77. The van der Waals surface area contributed by atoms with Crippen molar-refractivity contribution in [3.8, 4) is 0 Å². The number of carbonyl (C=O) groups excluding carboxylic acids is 1. The molecule has 0 fully saturated rings. The minimum atomic E-state index is -0.0404. The molecule has 0 aliphatic carbocycles. The first-order valence-corrected chi connectivity index (χ1v) is 6.75. The minimum absolute atomic E-state index is 0.0404. The topological polar surface area (TPSA) is 23.6 Å². The molecular weight excluding hydrogens is 248 g/mol. The second kappa shape index (κ2) is 4.76. The van der Waals surface area contributed by atoms with Crippen molar-refractivity contribution in [2.45, 2.75) is 13.1 Å². The highest BCUT2D eigenvalue weighted by atomic mass is 16.2. The van der Waals surface area contributed by atoms with Crippen LogP contribution in [0.3, 0.4) is 0 Å². The van der Waals surface area contributed by atoms with Gasteiger partial charge in [0.15, 0.2) is 0 Å². The van der Waals surface area contributed by atoms with Gasteiger partial charge in [0.25, 0.3) is 5.91 Å². The third kappa shape index (κ3) is 1.91. The van der Waals surface area contributed by atoms with Crippen molar-refractivity contribution in [2.75, 3.05) is 19.0 Å². The van der Waals surface area contributed by atoms with Crippen molar-refractivity contribution in [2.24, 2.45) is 0 Å². The molecule has 3 heteroatoms. The van der Waals surface area contributed by atoms with Gasteiger partial charge < -0.3 is 0 Å². The van der Waals surface area contributed by atoms with Crippen molar-refractivity contribution in [1.29, 1.82) is 0 Å². The summed E-state index contributed by atoms with van der Waals surface area (Å²) < 4.78 is 0. The molecule has 2 aromatic carbocycles. The van der Waals surface area contributed by atoms with Crippen LogP contribution in [0.1, 0.15) is 27.7 Å². The van der Waals surface area contributed by atoms with Crippen LogP contribution in [0.2, 0.25) is 0 Å². The van der Waals surface area contributed by atoms with Crippen LogP contribution in [-0.4, -0.2) is 24.9 Å². The molecule has 1 heterocycles. The molecule has 1 atom stereocenters. The summed E-state index contributed by atoms with van der Waals surface area (Å²) in [7, 11) is 4.00. The van der Waals surface area contributed by atoms with E-state index in [1.165, 1.54) is 5.56 Å². The zero-order valence-corrected chi connectivity index (χ0v) is 12.0. The lowest BCUT2D eigenvalue weighted by Crippen LogP contribution is -2.36. The smallest absolute Gasteiger partial charge is 0.260 e. The van der Waals surface area contributed by atoms with Crippen LogP contribution in [0.5, 0.6) is 0 Å². The second-order valence-corrected chi connectivity index (χ2v) is 5.44. The van der Waals surface area contributed by atoms with E-state index in [0.29, 0.717) is 0 Å². The lowest BCUT2D eigenvalue weighted by molar-refractivity contribution is 0.0973. The third-order valence-corrected chi connectivity index (χ3v) is 3.73. The van der Waals surface area contributed by atoms with Crippen LogP contribution >= 0.6 is 0 Å². The Morgan fingerprint density at radius 2 is 1.65 bits per heavy atom. The first-order chi connectivity index (χ1) is 9.59. The Morgan fingerprint density at radius 1 is 1.00 bits per heavy atom. The van der Waals surface area contributed by atoms with Gasteiger partial charge in [0.1, 0.15) is 6.17 Å². The summed E-state index contributed by atoms with van der Waals surface area (Å²) in [6.07, 6.45) is -0.0404. The highest BCUT2D eigenvalue weighted by molar-refractivity contribution is 6.10. The number of nitrogens with zero attached hydrogens (tertiary/aromatic N) is 2. The van der Waals surface area contributed by atoms with Crippen molar-refractivity contribution in [3.05, 3.63) is 65.2 Å². The molecule has 1 unspecified atom stereocenters. The molecular formula is C17H18N2O. The highest BCUT2D eigenvalue weighted by Crippen LogP contribution is 2.38. The van der Waals surface area contributed by atoms with Gasteiger partial charge in [0.2, 0.25) is 0 Å². The molecule has 0 radical (unpaired) electrons. The van der Waals surface area contributed by atoms with Crippen molar-refractivity contribution < 1.29 is 4.79 Å². The van der Waals surface area contributed by atoms with E-state index in [4.69, 9.17) is 0 Å². The van der Waals surface area contributed by atoms with Crippen LogP contribution in [-0.2, 0) is 0 Å².